The number of para-hydroxylation sites is 1. The highest BCUT2D eigenvalue weighted by Gasteiger charge is 2.26. The van der Waals surface area contributed by atoms with E-state index in [4.69, 9.17) is 20.8 Å². The quantitative estimate of drug-likeness (QED) is 0.743. The van der Waals surface area contributed by atoms with Gasteiger partial charge in [-0.3, -0.25) is 4.79 Å². The van der Waals surface area contributed by atoms with Gasteiger partial charge in [0.1, 0.15) is 18.2 Å². The second-order valence-electron chi connectivity index (χ2n) is 5.99. The summed E-state index contributed by atoms with van der Waals surface area (Å²) in [7, 11) is 0. The summed E-state index contributed by atoms with van der Waals surface area (Å²) in [6.07, 6.45) is 3.13. The molecule has 7 heteroatoms. The molecule has 0 saturated carbocycles. The number of nitrogens with zero attached hydrogens (tertiary/aromatic N) is 1. The highest BCUT2D eigenvalue weighted by molar-refractivity contribution is 6.33. The third-order valence-electron chi connectivity index (χ3n) is 4.24. The molecule has 0 spiro atoms. The van der Waals surface area contributed by atoms with Gasteiger partial charge in [0.25, 0.3) is 0 Å². The lowest BCUT2D eigenvalue weighted by Crippen LogP contribution is -2.32. The topological polar surface area (TPSA) is 64.4 Å². The van der Waals surface area contributed by atoms with Crippen LogP contribution in [0.4, 0.5) is 10.1 Å². The van der Waals surface area contributed by atoms with Gasteiger partial charge >= 0.3 is 0 Å². The van der Waals surface area contributed by atoms with E-state index in [0.717, 1.165) is 11.3 Å². The number of rotatable bonds is 3. The average molecular weight is 373 g/mol. The zero-order valence-electron chi connectivity index (χ0n) is 13.5. The van der Waals surface area contributed by atoms with E-state index in [-0.39, 0.29) is 40.5 Å². The molecular weight excluding hydrogens is 359 g/mol. The lowest BCUT2D eigenvalue weighted by Gasteiger charge is -2.24. The molecule has 0 fully saturated rings. The maximum Gasteiger partial charge on any atom is 0.231 e. The van der Waals surface area contributed by atoms with Crippen LogP contribution >= 0.6 is 11.6 Å². The average Bonchev–Trinajstić information content (AvgIpc) is 3.15. The Labute approximate surface area is 153 Å². The fraction of sp³-hybridized carbons (Fsp3) is 0.158. The second kappa shape index (κ2) is 6.80. The number of ether oxygens (including phenoxy) is 1. The summed E-state index contributed by atoms with van der Waals surface area (Å²) in [5.74, 6) is -0.192. The number of carbonyl (C=O) groups excluding carboxylic acids is 1. The van der Waals surface area contributed by atoms with Crippen molar-refractivity contribution in [2.24, 2.45) is 5.92 Å². The van der Waals surface area contributed by atoms with E-state index in [0.29, 0.717) is 6.42 Å². The summed E-state index contributed by atoms with van der Waals surface area (Å²) in [5, 5.41) is 2.83. The van der Waals surface area contributed by atoms with Crippen LogP contribution < -0.4 is 10.1 Å². The Bertz CT molecular complexity index is 936. The Balaban J connectivity index is 1.52. The molecular formula is C19H14ClFN2O3. The number of anilines is 1. The molecule has 3 aromatic rings. The standard InChI is InChI=1S/C19H14ClFN2O3/c20-14-6-13(7-15(21)18(14)17-8-22-10-26-17)23-19(24)12-5-11-3-1-2-4-16(11)25-9-12/h1-4,6-8,10,12H,5,9H2,(H,23,24)/t12-/m1/s1. The summed E-state index contributed by atoms with van der Waals surface area (Å²) < 4.78 is 25.1. The van der Waals surface area contributed by atoms with E-state index in [1.54, 1.807) is 0 Å². The number of fused-ring (bicyclic) bond motifs is 1. The number of nitrogens with one attached hydrogen (secondary N) is 1. The molecule has 1 aliphatic rings. The molecule has 2 heterocycles. The van der Waals surface area contributed by atoms with Crippen LogP contribution in [0.2, 0.25) is 5.02 Å². The third-order valence-corrected chi connectivity index (χ3v) is 4.54. The molecule has 1 aliphatic heterocycles. The number of benzene rings is 2. The Morgan fingerprint density at radius 3 is 2.92 bits per heavy atom. The molecule has 0 bridgehead atoms. The summed E-state index contributed by atoms with van der Waals surface area (Å²) >= 11 is 6.16. The van der Waals surface area contributed by atoms with Gasteiger partial charge in [-0.05, 0) is 30.2 Å². The first-order chi connectivity index (χ1) is 12.6. The fourth-order valence-electron chi connectivity index (χ4n) is 2.96. The number of halogens is 2. The molecule has 5 nitrogen and oxygen atoms in total. The van der Waals surface area contributed by atoms with Gasteiger partial charge in [0, 0.05) is 5.69 Å². The first-order valence-electron chi connectivity index (χ1n) is 8.01. The Morgan fingerprint density at radius 2 is 2.15 bits per heavy atom. The van der Waals surface area contributed by atoms with Crippen molar-refractivity contribution in [3.8, 4) is 17.1 Å². The van der Waals surface area contributed by atoms with Crippen LogP contribution in [0, 0.1) is 11.7 Å². The highest BCUT2D eigenvalue weighted by Crippen LogP contribution is 2.34. The van der Waals surface area contributed by atoms with E-state index >= 15 is 0 Å². The van der Waals surface area contributed by atoms with Crippen LogP contribution in [-0.4, -0.2) is 17.5 Å². The zero-order valence-corrected chi connectivity index (χ0v) is 14.3. The van der Waals surface area contributed by atoms with Gasteiger partial charge < -0.3 is 14.5 Å². The molecule has 1 amide bonds. The summed E-state index contributed by atoms with van der Waals surface area (Å²) in [4.78, 5) is 16.3. The third kappa shape index (κ3) is 3.15. The Hall–Kier alpha value is -2.86. The van der Waals surface area contributed by atoms with Crippen LogP contribution in [0.1, 0.15) is 5.56 Å². The van der Waals surface area contributed by atoms with Crippen molar-refractivity contribution < 1.29 is 18.3 Å². The SMILES string of the molecule is O=C(Nc1cc(F)c(-c2cnco2)c(Cl)c1)[C@H]1COc2ccccc2C1. The number of oxazole rings is 1. The number of amides is 1. The predicted octanol–water partition coefficient (Wildman–Crippen LogP) is 4.32. The first kappa shape index (κ1) is 16.6. The largest absolute Gasteiger partial charge is 0.492 e. The van der Waals surface area contributed by atoms with E-state index in [1.807, 2.05) is 24.3 Å². The first-order valence-corrected chi connectivity index (χ1v) is 8.39. The van der Waals surface area contributed by atoms with Gasteiger partial charge in [-0.2, -0.15) is 0 Å². The second-order valence-corrected chi connectivity index (χ2v) is 6.40. The lowest BCUT2D eigenvalue weighted by molar-refractivity contribution is -0.121. The van der Waals surface area contributed by atoms with Crippen LogP contribution in [0.3, 0.4) is 0 Å². The Kier molecular flexibility index (Phi) is 4.34. The zero-order chi connectivity index (χ0) is 18.1. The van der Waals surface area contributed by atoms with Crippen molar-refractivity contribution in [3.63, 3.8) is 0 Å². The maximum absolute atomic E-state index is 14.4. The summed E-state index contributed by atoms with van der Waals surface area (Å²) in [5.41, 5.74) is 1.36. The number of hydrogen-bond acceptors (Lipinski definition) is 4. The van der Waals surface area contributed by atoms with Gasteiger partial charge in [0.15, 0.2) is 12.2 Å². The molecule has 1 aromatic heterocycles. The van der Waals surface area contributed by atoms with Gasteiger partial charge in [-0.25, -0.2) is 9.37 Å². The van der Waals surface area contributed by atoms with Crippen LogP contribution in [0.15, 0.2) is 53.4 Å². The normalized spacial score (nSPS) is 15.8. The molecule has 26 heavy (non-hydrogen) atoms. The van der Waals surface area contributed by atoms with E-state index < -0.39 is 5.82 Å². The predicted molar refractivity (Wildman–Crippen MR) is 94.7 cm³/mol. The van der Waals surface area contributed by atoms with E-state index in [9.17, 15) is 9.18 Å². The van der Waals surface area contributed by atoms with Crippen molar-refractivity contribution in [1.29, 1.82) is 0 Å². The van der Waals surface area contributed by atoms with Crippen LogP contribution in [0.5, 0.6) is 5.75 Å². The Morgan fingerprint density at radius 1 is 1.31 bits per heavy atom. The minimum atomic E-state index is -0.602. The molecule has 0 aliphatic carbocycles. The van der Waals surface area contributed by atoms with Crippen LogP contribution in [-0.2, 0) is 11.2 Å². The molecule has 1 atom stereocenters. The highest BCUT2D eigenvalue weighted by atomic mass is 35.5. The van der Waals surface area contributed by atoms with Crippen molar-refractivity contribution in [2.45, 2.75) is 6.42 Å². The van der Waals surface area contributed by atoms with Crippen LogP contribution in [0.25, 0.3) is 11.3 Å². The molecule has 0 saturated heterocycles. The fourth-order valence-corrected chi connectivity index (χ4v) is 3.26. The number of aromatic nitrogens is 1. The molecule has 132 valence electrons. The molecule has 1 N–H and O–H groups in total. The molecule has 4 rings (SSSR count). The van der Waals surface area contributed by atoms with Crippen molar-refractivity contribution in [3.05, 3.63) is 65.4 Å². The summed E-state index contributed by atoms with van der Waals surface area (Å²) in [6.45, 7) is 0.273. The maximum atomic E-state index is 14.4. The van der Waals surface area contributed by atoms with Gasteiger partial charge in [0.2, 0.25) is 5.91 Å². The number of hydrogen-bond donors (Lipinski definition) is 1. The monoisotopic (exact) mass is 372 g/mol. The van der Waals surface area contributed by atoms with Crippen molar-refractivity contribution in [1.82, 2.24) is 4.98 Å². The molecule has 0 unspecified atom stereocenters. The van der Waals surface area contributed by atoms with Gasteiger partial charge in [-0.1, -0.05) is 29.8 Å². The number of carbonyl (C=O) groups is 1. The van der Waals surface area contributed by atoms with Gasteiger partial charge in [0.05, 0.1) is 22.7 Å². The minimum absolute atomic E-state index is 0.108. The minimum Gasteiger partial charge on any atom is -0.492 e. The van der Waals surface area contributed by atoms with Crippen molar-refractivity contribution >= 4 is 23.2 Å². The van der Waals surface area contributed by atoms with E-state index in [2.05, 4.69) is 10.3 Å². The summed E-state index contributed by atoms with van der Waals surface area (Å²) in [6, 6.07) is 10.3. The molecule has 2 aromatic carbocycles. The van der Waals surface area contributed by atoms with Crippen molar-refractivity contribution in [2.75, 3.05) is 11.9 Å². The van der Waals surface area contributed by atoms with E-state index in [1.165, 1.54) is 24.7 Å². The lowest BCUT2D eigenvalue weighted by atomic mass is 9.96. The smallest absolute Gasteiger partial charge is 0.231 e. The van der Waals surface area contributed by atoms with Gasteiger partial charge in [-0.15, -0.1) is 0 Å². The molecule has 0 radical (unpaired) electrons.